The van der Waals surface area contributed by atoms with Crippen LogP contribution in [0.4, 0.5) is 0 Å². The molecule has 0 aliphatic carbocycles. The fraction of sp³-hybridized carbons (Fsp3) is 0.579. The van der Waals surface area contributed by atoms with Gasteiger partial charge in [-0.2, -0.15) is 0 Å². The summed E-state index contributed by atoms with van der Waals surface area (Å²) in [4.78, 5) is 26.6. The van der Waals surface area contributed by atoms with Crippen LogP contribution in [-0.2, 0) is 9.59 Å². The van der Waals surface area contributed by atoms with Crippen LogP contribution in [-0.4, -0.2) is 29.8 Å². The number of piperidine rings is 1. The lowest BCUT2D eigenvalue weighted by Crippen LogP contribution is -2.47. The van der Waals surface area contributed by atoms with Crippen molar-refractivity contribution in [2.24, 2.45) is 11.8 Å². The molecule has 0 bridgehead atoms. The predicted molar refractivity (Wildman–Crippen MR) is 91.9 cm³/mol. The van der Waals surface area contributed by atoms with Gasteiger partial charge in [0.15, 0.2) is 0 Å². The third-order valence-corrected chi connectivity index (χ3v) is 4.61. The van der Waals surface area contributed by atoms with Gasteiger partial charge >= 0.3 is 0 Å². The molecule has 126 valence electrons. The third kappa shape index (κ3) is 4.34. The Balaban J connectivity index is 1.97. The first kappa shape index (κ1) is 17.5. The molecule has 0 saturated carbocycles. The molecule has 1 aliphatic heterocycles. The summed E-state index contributed by atoms with van der Waals surface area (Å²) < 4.78 is 0. The Hall–Kier alpha value is -1.84. The number of carbonyl (C=O) groups is 2. The lowest BCUT2D eigenvalue weighted by atomic mass is 9.95. The van der Waals surface area contributed by atoms with E-state index in [1.54, 1.807) is 0 Å². The number of nitrogens with one attached hydrogen (secondary N) is 1. The lowest BCUT2D eigenvalue weighted by molar-refractivity contribution is -0.138. The molecule has 2 atom stereocenters. The van der Waals surface area contributed by atoms with Crippen LogP contribution in [0.5, 0.6) is 0 Å². The standard InChI is InChI=1S/C19H28N2O2/c1-13(2)19(23)21-11-7-9-16(12-21)18(22)20-15(4)17-10-6-5-8-14(17)3/h5-6,8,10,13,15-16H,7,9,11-12H2,1-4H3,(H,20,22)/t15-,16-/m0/s1. The number of benzene rings is 1. The van der Waals surface area contributed by atoms with E-state index in [-0.39, 0.29) is 29.7 Å². The van der Waals surface area contributed by atoms with Crippen molar-refractivity contribution in [3.8, 4) is 0 Å². The smallest absolute Gasteiger partial charge is 0.225 e. The maximum atomic E-state index is 12.6. The Labute approximate surface area is 139 Å². The van der Waals surface area contributed by atoms with Crippen LogP contribution >= 0.6 is 0 Å². The zero-order chi connectivity index (χ0) is 17.0. The Bertz CT molecular complexity index is 568. The van der Waals surface area contributed by atoms with Crippen LogP contribution in [0, 0.1) is 18.8 Å². The molecule has 4 nitrogen and oxygen atoms in total. The summed E-state index contributed by atoms with van der Waals surface area (Å²) >= 11 is 0. The van der Waals surface area contributed by atoms with Crippen molar-refractivity contribution in [3.63, 3.8) is 0 Å². The normalized spacial score (nSPS) is 19.5. The third-order valence-electron chi connectivity index (χ3n) is 4.61. The molecular weight excluding hydrogens is 288 g/mol. The Morgan fingerprint density at radius 3 is 2.57 bits per heavy atom. The summed E-state index contributed by atoms with van der Waals surface area (Å²) in [5.74, 6) is 0.0945. The largest absolute Gasteiger partial charge is 0.349 e. The number of hydrogen-bond donors (Lipinski definition) is 1. The van der Waals surface area contributed by atoms with Crippen molar-refractivity contribution in [1.29, 1.82) is 0 Å². The molecule has 2 amide bonds. The molecule has 1 aromatic carbocycles. The summed E-state index contributed by atoms with van der Waals surface area (Å²) in [6, 6.07) is 8.09. The summed E-state index contributed by atoms with van der Waals surface area (Å²) in [6.45, 7) is 9.21. The van der Waals surface area contributed by atoms with Crippen molar-refractivity contribution in [2.45, 2.75) is 46.6 Å². The van der Waals surface area contributed by atoms with E-state index in [1.165, 1.54) is 5.56 Å². The highest BCUT2D eigenvalue weighted by atomic mass is 16.2. The number of aryl methyl sites for hydroxylation is 1. The van der Waals surface area contributed by atoms with E-state index < -0.39 is 0 Å². The molecule has 0 unspecified atom stereocenters. The second-order valence-electron chi connectivity index (χ2n) is 6.86. The number of nitrogens with zero attached hydrogens (tertiary/aromatic N) is 1. The molecule has 0 aromatic heterocycles. The molecule has 1 saturated heterocycles. The van der Waals surface area contributed by atoms with Gasteiger partial charge in [0.2, 0.25) is 11.8 Å². The highest BCUT2D eigenvalue weighted by Gasteiger charge is 2.30. The SMILES string of the molecule is Cc1ccccc1[C@H](C)NC(=O)[C@H]1CCCN(C(=O)C(C)C)C1. The second kappa shape index (κ2) is 7.62. The van der Waals surface area contributed by atoms with Crippen LogP contribution in [0.2, 0.25) is 0 Å². The van der Waals surface area contributed by atoms with E-state index >= 15 is 0 Å². The number of carbonyl (C=O) groups excluding carboxylic acids is 2. The van der Waals surface area contributed by atoms with Gasteiger partial charge in [0.05, 0.1) is 12.0 Å². The van der Waals surface area contributed by atoms with Crippen LogP contribution in [0.1, 0.15) is 50.8 Å². The fourth-order valence-electron chi connectivity index (χ4n) is 3.24. The predicted octanol–water partition coefficient (Wildman–Crippen LogP) is 3.07. The summed E-state index contributed by atoms with van der Waals surface area (Å²) in [6.07, 6.45) is 1.75. The quantitative estimate of drug-likeness (QED) is 0.928. The minimum Gasteiger partial charge on any atom is -0.349 e. The van der Waals surface area contributed by atoms with E-state index in [2.05, 4.69) is 24.4 Å². The highest BCUT2D eigenvalue weighted by molar-refractivity contribution is 5.82. The Kier molecular flexibility index (Phi) is 5.80. The van der Waals surface area contributed by atoms with Crippen molar-refractivity contribution >= 4 is 11.8 Å². The second-order valence-corrected chi connectivity index (χ2v) is 6.86. The van der Waals surface area contributed by atoms with E-state index in [0.29, 0.717) is 6.54 Å². The molecule has 0 spiro atoms. The van der Waals surface area contributed by atoms with Crippen LogP contribution < -0.4 is 5.32 Å². The molecule has 1 fully saturated rings. The minimum atomic E-state index is -0.0991. The number of rotatable bonds is 4. The minimum absolute atomic E-state index is 0.0114. The van der Waals surface area contributed by atoms with Gasteiger partial charge in [-0.1, -0.05) is 38.1 Å². The first-order valence-corrected chi connectivity index (χ1v) is 8.54. The van der Waals surface area contributed by atoms with Gasteiger partial charge in [-0.05, 0) is 37.8 Å². The molecular formula is C19H28N2O2. The van der Waals surface area contributed by atoms with Gasteiger partial charge in [-0.15, -0.1) is 0 Å². The average molecular weight is 316 g/mol. The molecule has 2 rings (SSSR count). The maximum absolute atomic E-state index is 12.6. The van der Waals surface area contributed by atoms with Crippen LogP contribution in [0.25, 0.3) is 0 Å². The number of hydrogen-bond acceptors (Lipinski definition) is 2. The monoisotopic (exact) mass is 316 g/mol. The van der Waals surface area contributed by atoms with Crippen molar-refractivity contribution in [1.82, 2.24) is 10.2 Å². The molecule has 0 radical (unpaired) electrons. The first-order valence-electron chi connectivity index (χ1n) is 8.54. The van der Waals surface area contributed by atoms with Gasteiger partial charge in [0.25, 0.3) is 0 Å². The zero-order valence-electron chi connectivity index (χ0n) is 14.6. The molecule has 1 aromatic rings. The van der Waals surface area contributed by atoms with Gasteiger partial charge in [0.1, 0.15) is 0 Å². The van der Waals surface area contributed by atoms with Crippen molar-refractivity contribution in [3.05, 3.63) is 35.4 Å². The molecule has 1 aliphatic rings. The van der Waals surface area contributed by atoms with E-state index in [1.807, 2.05) is 37.8 Å². The average Bonchev–Trinajstić information content (AvgIpc) is 2.54. The maximum Gasteiger partial charge on any atom is 0.225 e. The van der Waals surface area contributed by atoms with E-state index in [4.69, 9.17) is 0 Å². The van der Waals surface area contributed by atoms with E-state index in [9.17, 15) is 9.59 Å². The van der Waals surface area contributed by atoms with Crippen molar-refractivity contribution in [2.75, 3.05) is 13.1 Å². The Morgan fingerprint density at radius 1 is 1.22 bits per heavy atom. The summed E-state index contributed by atoms with van der Waals surface area (Å²) in [5, 5.41) is 3.12. The molecule has 23 heavy (non-hydrogen) atoms. The van der Waals surface area contributed by atoms with Gasteiger partial charge in [-0.3, -0.25) is 9.59 Å². The molecule has 4 heteroatoms. The number of likely N-dealkylation sites (tertiary alicyclic amines) is 1. The molecule has 1 heterocycles. The number of amides is 2. The van der Waals surface area contributed by atoms with Gasteiger partial charge in [-0.25, -0.2) is 0 Å². The summed E-state index contributed by atoms with van der Waals surface area (Å²) in [7, 11) is 0. The fourth-order valence-corrected chi connectivity index (χ4v) is 3.24. The van der Waals surface area contributed by atoms with Crippen LogP contribution in [0.15, 0.2) is 24.3 Å². The topological polar surface area (TPSA) is 49.4 Å². The van der Waals surface area contributed by atoms with Gasteiger partial charge < -0.3 is 10.2 Å². The zero-order valence-corrected chi connectivity index (χ0v) is 14.6. The lowest BCUT2D eigenvalue weighted by Gasteiger charge is -2.33. The summed E-state index contributed by atoms with van der Waals surface area (Å²) in [5.41, 5.74) is 2.33. The van der Waals surface area contributed by atoms with Crippen LogP contribution in [0.3, 0.4) is 0 Å². The highest BCUT2D eigenvalue weighted by Crippen LogP contribution is 2.21. The Morgan fingerprint density at radius 2 is 1.91 bits per heavy atom. The molecule has 1 N–H and O–H groups in total. The van der Waals surface area contributed by atoms with Crippen molar-refractivity contribution < 1.29 is 9.59 Å². The first-order chi connectivity index (χ1) is 10.9. The van der Waals surface area contributed by atoms with E-state index in [0.717, 1.165) is 24.9 Å². The van der Waals surface area contributed by atoms with Gasteiger partial charge in [0, 0.05) is 19.0 Å².